The number of hydrogen-bond acceptors (Lipinski definition) is 7. The van der Waals surface area contributed by atoms with E-state index in [9.17, 15) is 8.42 Å². The van der Waals surface area contributed by atoms with Crippen LogP contribution < -0.4 is 15.4 Å². The van der Waals surface area contributed by atoms with Crippen molar-refractivity contribution in [1.82, 2.24) is 19.9 Å². The van der Waals surface area contributed by atoms with Crippen LogP contribution in [0.3, 0.4) is 0 Å². The zero-order valence-electron chi connectivity index (χ0n) is 14.7. The molecular formula is C16H21N7O2S. The third kappa shape index (κ3) is 4.60. The fourth-order valence-corrected chi connectivity index (χ4v) is 2.88. The maximum atomic E-state index is 11.4. The molecule has 4 N–H and O–H groups in total. The Bertz CT molecular complexity index is 1010. The molecule has 9 nitrogen and oxygen atoms in total. The standard InChI is InChI=1S/C16H21N7O2S/c1-10(2)8-17-14-13-15(19-9-18-13)22-16(21-14)20-11-5-4-6-12(7-11)23-26(3,24)25/h4-7,9-10,23H,8H2,1-3H3,(H3,17,18,19,20,21,22). The molecule has 3 aromatic rings. The molecule has 10 heteroatoms. The van der Waals surface area contributed by atoms with Gasteiger partial charge in [0.05, 0.1) is 18.3 Å². The second kappa shape index (κ2) is 7.16. The number of rotatable bonds is 7. The van der Waals surface area contributed by atoms with E-state index in [0.29, 0.717) is 34.7 Å². The molecular weight excluding hydrogens is 354 g/mol. The van der Waals surface area contributed by atoms with E-state index in [2.05, 4.69) is 49.1 Å². The molecule has 0 saturated carbocycles. The first-order valence-electron chi connectivity index (χ1n) is 8.10. The zero-order valence-corrected chi connectivity index (χ0v) is 15.6. The maximum absolute atomic E-state index is 11.4. The number of nitrogens with one attached hydrogen (secondary N) is 4. The molecule has 2 heterocycles. The molecule has 26 heavy (non-hydrogen) atoms. The second-order valence-electron chi connectivity index (χ2n) is 6.35. The van der Waals surface area contributed by atoms with Crippen molar-refractivity contribution in [2.24, 2.45) is 5.92 Å². The van der Waals surface area contributed by atoms with Crippen molar-refractivity contribution in [3.8, 4) is 0 Å². The van der Waals surface area contributed by atoms with Gasteiger partial charge in [0, 0.05) is 12.2 Å². The Morgan fingerprint density at radius 3 is 2.69 bits per heavy atom. The largest absolute Gasteiger partial charge is 0.368 e. The fraction of sp³-hybridized carbons (Fsp3) is 0.312. The molecule has 0 aliphatic carbocycles. The van der Waals surface area contributed by atoms with Gasteiger partial charge >= 0.3 is 0 Å². The summed E-state index contributed by atoms with van der Waals surface area (Å²) in [5.41, 5.74) is 2.39. The highest BCUT2D eigenvalue weighted by molar-refractivity contribution is 7.92. The van der Waals surface area contributed by atoms with Crippen molar-refractivity contribution >= 4 is 44.3 Å². The normalized spacial score (nSPS) is 11.7. The summed E-state index contributed by atoms with van der Waals surface area (Å²) < 4.78 is 25.2. The quantitative estimate of drug-likeness (QED) is 0.500. The van der Waals surface area contributed by atoms with Crippen LogP contribution in [0.4, 0.5) is 23.1 Å². The smallest absolute Gasteiger partial charge is 0.231 e. The number of H-pyrrole nitrogens is 1. The lowest BCUT2D eigenvalue weighted by atomic mass is 10.2. The topological polar surface area (TPSA) is 125 Å². The number of aromatic amines is 1. The van der Waals surface area contributed by atoms with Crippen LogP contribution in [0.1, 0.15) is 13.8 Å². The van der Waals surface area contributed by atoms with Gasteiger partial charge < -0.3 is 15.6 Å². The van der Waals surface area contributed by atoms with Crippen LogP contribution in [-0.4, -0.2) is 41.2 Å². The van der Waals surface area contributed by atoms with Gasteiger partial charge in [0.25, 0.3) is 0 Å². The highest BCUT2D eigenvalue weighted by Crippen LogP contribution is 2.23. The number of benzene rings is 1. The van der Waals surface area contributed by atoms with E-state index in [4.69, 9.17) is 0 Å². The number of fused-ring (bicyclic) bond motifs is 1. The minimum atomic E-state index is -3.34. The number of aromatic nitrogens is 4. The lowest BCUT2D eigenvalue weighted by Gasteiger charge is -2.12. The summed E-state index contributed by atoms with van der Waals surface area (Å²) >= 11 is 0. The van der Waals surface area contributed by atoms with Crippen molar-refractivity contribution < 1.29 is 8.42 Å². The average Bonchev–Trinajstić information content (AvgIpc) is 2.99. The Balaban J connectivity index is 1.88. The van der Waals surface area contributed by atoms with Crippen molar-refractivity contribution in [1.29, 1.82) is 0 Å². The number of hydrogen-bond donors (Lipinski definition) is 4. The molecule has 3 rings (SSSR count). The Kier molecular flexibility index (Phi) is 4.94. The predicted octanol–water partition coefficient (Wildman–Crippen LogP) is 2.54. The monoisotopic (exact) mass is 375 g/mol. The lowest BCUT2D eigenvalue weighted by molar-refractivity contribution is 0.607. The summed E-state index contributed by atoms with van der Waals surface area (Å²) in [7, 11) is -3.34. The molecule has 0 bridgehead atoms. The molecule has 0 aliphatic heterocycles. The van der Waals surface area contributed by atoms with E-state index in [1.807, 2.05) is 0 Å². The van der Waals surface area contributed by atoms with Gasteiger partial charge in [0.2, 0.25) is 16.0 Å². The minimum absolute atomic E-state index is 0.368. The first-order valence-corrected chi connectivity index (χ1v) is 9.99. The highest BCUT2D eigenvalue weighted by Gasteiger charge is 2.11. The number of sulfonamides is 1. The van der Waals surface area contributed by atoms with Gasteiger partial charge in [0.1, 0.15) is 5.52 Å². The molecule has 0 aliphatic rings. The van der Waals surface area contributed by atoms with Crippen LogP contribution in [0.25, 0.3) is 11.2 Å². The van der Waals surface area contributed by atoms with Gasteiger partial charge in [-0.2, -0.15) is 9.97 Å². The van der Waals surface area contributed by atoms with Crippen LogP contribution in [0, 0.1) is 5.92 Å². The summed E-state index contributed by atoms with van der Waals surface area (Å²) in [5.74, 6) is 1.49. The zero-order chi connectivity index (χ0) is 18.7. The number of nitrogens with zero attached hydrogens (tertiary/aromatic N) is 3. The molecule has 2 aromatic heterocycles. The molecule has 0 unspecified atom stereocenters. The van der Waals surface area contributed by atoms with Crippen LogP contribution in [0.5, 0.6) is 0 Å². The Hall–Kier alpha value is -2.88. The predicted molar refractivity (Wildman–Crippen MR) is 103 cm³/mol. The van der Waals surface area contributed by atoms with Crippen molar-refractivity contribution in [2.75, 3.05) is 28.2 Å². The van der Waals surface area contributed by atoms with Gasteiger partial charge in [-0.05, 0) is 24.1 Å². The van der Waals surface area contributed by atoms with Crippen LogP contribution in [0.15, 0.2) is 30.6 Å². The van der Waals surface area contributed by atoms with E-state index in [0.717, 1.165) is 18.3 Å². The van der Waals surface area contributed by atoms with Crippen LogP contribution in [0.2, 0.25) is 0 Å². The lowest BCUT2D eigenvalue weighted by Crippen LogP contribution is -2.11. The Morgan fingerprint density at radius 2 is 1.96 bits per heavy atom. The first-order chi connectivity index (χ1) is 12.3. The number of imidazole rings is 1. The third-order valence-corrected chi connectivity index (χ3v) is 3.99. The fourth-order valence-electron chi connectivity index (χ4n) is 2.32. The van der Waals surface area contributed by atoms with Crippen LogP contribution >= 0.6 is 0 Å². The molecule has 0 radical (unpaired) electrons. The van der Waals surface area contributed by atoms with Gasteiger partial charge in [-0.15, -0.1) is 0 Å². The van der Waals surface area contributed by atoms with E-state index >= 15 is 0 Å². The summed E-state index contributed by atoms with van der Waals surface area (Å²) in [4.78, 5) is 16.1. The van der Waals surface area contributed by atoms with Gasteiger partial charge in [-0.3, -0.25) is 4.72 Å². The van der Waals surface area contributed by atoms with Crippen LogP contribution in [-0.2, 0) is 10.0 Å². The molecule has 0 spiro atoms. The van der Waals surface area contributed by atoms with E-state index in [1.54, 1.807) is 30.6 Å². The molecule has 0 atom stereocenters. The Morgan fingerprint density at radius 1 is 1.19 bits per heavy atom. The highest BCUT2D eigenvalue weighted by atomic mass is 32.2. The van der Waals surface area contributed by atoms with Crippen molar-refractivity contribution in [2.45, 2.75) is 13.8 Å². The first kappa shape index (κ1) is 17.9. The summed E-state index contributed by atoms with van der Waals surface area (Å²) in [6, 6.07) is 6.87. The maximum Gasteiger partial charge on any atom is 0.231 e. The van der Waals surface area contributed by atoms with E-state index in [1.165, 1.54) is 0 Å². The minimum Gasteiger partial charge on any atom is -0.368 e. The molecule has 0 amide bonds. The van der Waals surface area contributed by atoms with Crippen molar-refractivity contribution in [3.05, 3.63) is 30.6 Å². The molecule has 0 fully saturated rings. The Labute approximate surface area is 151 Å². The van der Waals surface area contributed by atoms with Gasteiger partial charge in [-0.25, -0.2) is 13.4 Å². The summed E-state index contributed by atoms with van der Waals surface area (Å²) in [6.45, 7) is 4.98. The SMILES string of the molecule is CC(C)CNc1nc(Nc2cccc(NS(C)(=O)=O)c2)nc2nc[nH]c12. The number of anilines is 4. The van der Waals surface area contributed by atoms with E-state index < -0.39 is 10.0 Å². The van der Waals surface area contributed by atoms with Gasteiger partial charge in [-0.1, -0.05) is 19.9 Å². The van der Waals surface area contributed by atoms with Crippen molar-refractivity contribution in [3.63, 3.8) is 0 Å². The summed E-state index contributed by atoms with van der Waals surface area (Å²) in [5, 5.41) is 6.38. The summed E-state index contributed by atoms with van der Waals surface area (Å²) in [6.07, 6.45) is 2.68. The average molecular weight is 375 g/mol. The van der Waals surface area contributed by atoms with E-state index in [-0.39, 0.29) is 0 Å². The molecule has 138 valence electrons. The second-order valence-corrected chi connectivity index (χ2v) is 8.10. The molecule has 0 saturated heterocycles. The third-order valence-electron chi connectivity index (χ3n) is 3.39. The molecule has 1 aromatic carbocycles. The van der Waals surface area contributed by atoms with Gasteiger partial charge in [0.15, 0.2) is 11.5 Å².